The van der Waals surface area contributed by atoms with Crippen LogP contribution in [0.25, 0.3) is 10.2 Å². The molecule has 29 heavy (non-hydrogen) atoms. The maximum atomic E-state index is 13.7. The number of hydrogen-bond acceptors (Lipinski definition) is 4. The van der Waals surface area contributed by atoms with Crippen LogP contribution in [-0.4, -0.2) is 27.5 Å². The Bertz CT molecular complexity index is 1080. The lowest BCUT2D eigenvalue weighted by Crippen LogP contribution is -2.31. The van der Waals surface area contributed by atoms with E-state index in [9.17, 15) is 4.79 Å². The maximum Gasteiger partial charge on any atom is 0.262 e. The fraction of sp³-hybridized carbons (Fsp3) is 0.455. The fourth-order valence-electron chi connectivity index (χ4n) is 4.05. The molecule has 2 aromatic heterocycles. The molecule has 1 aromatic carbocycles. The molecule has 3 aromatic rings. The molecule has 7 heteroatoms. The Morgan fingerprint density at radius 3 is 2.52 bits per heavy atom. The van der Waals surface area contributed by atoms with Gasteiger partial charge in [0.25, 0.3) is 5.56 Å². The van der Waals surface area contributed by atoms with Crippen LogP contribution in [0.1, 0.15) is 48.5 Å². The molecule has 0 amide bonds. The largest absolute Gasteiger partial charge is 0.297 e. The van der Waals surface area contributed by atoms with Crippen molar-refractivity contribution in [2.24, 2.45) is 0 Å². The highest BCUT2D eigenvalue weighted by molar-refractivity contribution is 7.18. The van der Waals surface area contributed by atoms with Crippen LogP contribution in [0.15, 0.2) is 23.0 Å². The number of halogens is 2. The molecule has 0 fully saturated rings. The van der Waals surface area contributed by atoms with Crippen LogP contribution >= 0.6 is 34.5 Å². The van der Waals surface area contributed by atoms with Crippen molar-refractivity contribution in [3.05, 3.63) is 60.4 Å². The Kier molecular flexibility index (Phi) is 6.30. The Morgan fingerprint density at radius 2 is 1.83 bits per heavy atom. The van der Waals surface area contributed by atoms with Gasteiger partial charge in [0.15, 0.2) is 0 Å². The number of nitrogens with zero attached hydrogens (tertiary/aromatic N) is 3. The topological polar surface area (TPSA) is 38.1 Å². The van der Waals surface area contributed by atoms with Gasteiger partial charge in [0, 0.05) is 20.5 Å². The number of benzene rings is 1. The molecule has 0 radical (unpaired) electrons. The van der Waals surface area contributed by atoms with Crippen molar-refractivity contribution in [1.29, 1.82) is 0 Å². The standard InChI is InChI=1S/C22H25Cl2N3OS/c1-3-26(4-2)13-19-25-21-20(14-8-5-6-11-18(14)29-21)22(28)27(19)12-15-16(23)9-7-10-17(15)24/h7,9-10H,3-6,8,11-13H2,1-2H3. The van der Waals surface area contributed by atoms with Crippen molar-refractivity contribution >= 4 is 44.8 Å². The van der Waals surface area contributed by atoms with Gasteiger partial charge in [0.05, 0.1) is 18.5 Å². The van der Waals surface area contributed by atoms with Crippen LogP contribution in [0.2, 0.25) is 10.0 Å². The molecule has 2 heterocycles. The number of hydrogen-bond donors (Lipinski definition) is 0. The van der Waals surface area contributed by atoms with Gasteiger partial charge in [-0.05, 0) is 56.5 Å². The second-order valence-corrected chi connectivity index (χ2v) is 9.37. The summed E-state index contributed by atoms with van der Waals surface area (Å²) >= 11 is 14.6. The molecule has 154 valence electrons. The summed E-state index contributed by atoms with van der Waals surface area (Å²) in [5.74, 6) is 0.779. The zero-order chi connectivity index (χ0) is 20.5. The van der Waals surface area contributed by atoms with Crippen molar-refractivity contribution < 1.29 is 0 Å². The second-order valence-electron chi connectivity index (χ2n) is 7.47. The predicted octanol–water partition coefficient (Wildman–Crippen LogP) is 5.53. The molecule has 0 aliphatic heterocycles. The van der Waals surface area contributed by atoms with E-state index in [1.54, 1.807) is 15.9 Å². The van der Waals surface area contributed by atoms with Gasteiger partial charge >= 0.3 is 0 Å². The zero-order valence-electron chi connectivity index (χ0n) is 16.8. The van der Waals surface area contributed by atoms with E-state index < -0.39 is 0 Å². The molecule has 0 saturated heterocycles. The summed E-state index contributed by atoms with van der Waals surface area (Å²) in [5, 5.41) is 1.95. The van der Waals surface area contributed by atoms with Crippen molar-refractivity contribution in [2.45, 2.75) is 52.6 Å². The minimum absolute atomic E-state index is 0.0348. The summed E-state index contributed by atoms with van der Waals surface area (Å²) in [6.45, 7) is 7.01. The summed E-state index contributed by atoms with van der Waals surface area (Å²) in [6, 6.07) is 5.46. The number of aromatic nitrogens is 2. The minimum Gasteiger partial charge on any atom is -0.297 e. The summed E-state index contributed by atoms with van der Waals surface area (Å²) in [4.78, 5) is 23.2. The van der Waals surface area contributed by atoms with Crippen molar-refractivity contribution in [3.63, 3.8) is 0 Å². The molecular formula is C22H25Cl2N3OS. The highest BCUT2D eigenvalue weighted by Crippen LogP contribution is 2.34. The van der Waals surface area contributed by atoms with E-state index in [0.717, 1.165) is 54.0 Å². The number of aryl methyl sites for hydroxylation is 2. The summed E-state index contributed by atoms with van der Waals surface area (Å²) in [6.07, 6.45) is 4.34. The zero-order valence-corrected chi connectivity index (χ0v) is 19.1. The third-order valence-electron chi connectivity index (χ3n) is 5.79. The molecule has 1 aliphatic carbocycles. The van der Waals surface area contributed by atoms with Crippen LogP contribution in [0.5, 0.6) is 0 Å². The van der Waals surface area contributed by atoms with E-state index in [4.69, 9.17) is 28.2 Å². The lowest BCUT2D eigenvalue weighted by atomic mass is 9.97. The van der Waals surface area contributed by atoms with Gasteiger partial charge in [-0.25, -0.2) is 4.98 Å². The van der Waals surface area contributed by atoms with E-state index in [1.165, 1.54) is 16.9 Å². The number of thiophene rings is 1. The lowest BCUT2D eigenvalue weighted by molar-refractivity contribution is 0.282. The van der Waals surface area contributed by atoms with Crippen molar-refractivity contribution in [2.75, 3.05) is 13.1 Å². The third kappa shape index (κ3) is 3.98. The van der Waals surface area contributed by atoms with Crippen LogP contribution in [-0.2, 0) is 25.9 Å². The van der Waals surface area contributed by atoms with E-state index in [-0.39, 0.29) is 5.56 Å². The Hall–Kier alpha value is -1.40. The van der Waals surface area contributed by atoms with Gasteiger partial charge < -0.3 is 0 Å². The molecule has 0 unspecified atom stereocenters. The monoisotopic (exact) mass is 449 g/mol. The fourth-order valence-corrected chi connectivity index (χ4v) is 5.84. The number of rotatable bonds is 6. The summed E-state index contributed by atoms with van der Waals surface area (Å²) in [7, 11) is 0. The van der Waals surface area contributed by atoms with Crippen LogP contribution in [0.4, 0.5) is 0 Å². The van der Waals surface area contributed by atoms with Gasteiger partial charge in [0.2, 0.25) is 0 Å². The molecule has 4 nitrogen and oxygen atoms in total. The van der Waals surface area contributed by atoms with Crippen molar-refractivity contribution in [3.8, 4) is 0 Å². The lowest BCUT2D eigenvalue weighted by Gasteiger charge is -2.21. The Morgan fingerprint density at radius 1 is 1.14 bits per heavy atom. The minimum atomic E-state index is 0.0348. The first kappa shape index (κ1) is 20.9. The second kappa shape index (κ2) is 8.76. The van der Waals surface area contributed by atoms with Gasteiger partial charge in [0.1, 0.15) is 10.7 Å². The molecular weight excluding hydrogens is 425 g/mol. The van der Waals surface area contributed by atoms with Crippen LogP contribution < -0.4 is 5.56 Å². The van der Waals surface area contributed by atoms with E-state index in [0.29, 0.717) is 23.1 Å². The molecule has 1 aliphatic rings. The third-order valence-corrected chi connectivity index (χ3v) is 7.69. The number of fused-ring (bicyclic) bond motifs is 3. The SMILES string of the molecule is CCN(CC)Cc1nc2sc3c(c2c(=O)n1Cc1c(Cl)cccc1Cl)CCCC3. The average molecular weight is 450 g/mol. The highest BCUT2D eigenvalue weighted by atomic mass is 35.5. The Labute approximate surface area is 185 Å². The molecule has 0 saturated carbocycles. The first-order chi connectivity index (χ1) is 14.0. The summed E-state index contributed by atoms with van der Waals surface area (Å²) in [5.41, 5.74) is 2.01. The molecule has 0 N–H and O–H groups in total. The normalized spacial score (nSPS) is 14.0. The van der Waals surface area contributed by atoms with E-state index >= 15 is 0 Å². The van der Waals surface area contributed by atoms with Crippen LogP contribution in [0, 0.1) is 0 Å². The quantitative estimate of drug-likeness (QED) is 0.496. The molecule has 0 bridgehead atoms. The average Bonchev–Trinajstić information content (AvgIpc) is 3.09. The highest BCUT2D eigenvalue weighted by Gasteiger charge is 2.23. The van der Waals surface area contributed by atoms with Gasteiger partial charge in [-0.1, -0.05) is 43.1 Å². The first-order valence-corrected chi connectivity index (χ1v) is 11.8. The molecule has 0 atom stereocenters. The predicted molar refractivity (Wildman–Crippen MR) is 123 cm³/mol. The van der Waals surface area contributed by atoms with E-state index in [2.05, 4.69) is 18.7 Å². The summed E-state index contributed by atoms with van der Waals surface area (Å²) < 4.78 is 1.79. The Balaban J connectivity index is 1.91. The first-order valence-electron chi connectivity index (χ1n) is 10.2. The maximum absolute atomic E-state index is 13.7. The van der Waals surface area contributed by atoms with Gasteiger partial charge in [-0.3, -0.25) is 14.3 Å². The molecule has 0 spiro atoms. The van der Waals surface area contributed by atoms with E-state index in [1.807, 2.05) is 18.2 Å². The van der Waals surface area contributed by atoms with Gasteiger partial charge in [-0.15, -0.1) is 11.3 Å². The van der Waals surface area contributed by atoms with Crippen LogP contribution in [0.3, 0.4) is 0 Å². The smallest absolute Gasteiger partial charge is 0.262 e. The van der Waals surface area contributed by atoms with Gasteiger partial charge in [-0.2, -0.15) is 0 Å². The van der Waals surface area contributed by atoms with Crippen molar-refractivity contribution in [1.82, 2.24) is 14.5 Å². The molecule has 4 rings (SSSR count).